The maximum atomic E-state index is 11.6. The lowest BCUT2D eigenvalue weighted by atomic mass is 9.87. The Kier molecular flexibility index (Phi) is 4.64. The third-order valence-electron chi connectivity index (χ3n) is 3.63. The first-order valence-corrected chi connectivity index (χ1v) is 7.43. The van der Waals surface area contributed by atoms with Gasteiger partial charge in [-0.15, -0.1) is 0 Å². The van der Waals surface area contributed by atoms with Crippen LogP contribution in [0, 0.1) is 0 Å². The normalized spacial score (nSPS) is 11.2. The van der Waals surface area contributed by atoms with Crippen molar-refractivity contribution in [3.8, 4) is 23.0 Å². The van der Waals surface area contributed by atoms with Gasteiger partial charge in [0, 0.05) is 0 Å². The van der Waals surface area contributed by atoms with Crippen LogP contribution in [-0.2, 0) is 5.41 Å². The van der Waals surface area contributed by atoms with Crippen LogP contribution in [0.2, 0.25) is 0 Å². The van der Waals surface area contributed by atoms with Gasteiger partial charge >= 0.3 is 0 Å². The fourth-order valence-corrected chi connectivity index (χ4v) is 2.24. The second-order valence-electron chi connectivity index (χ2n) is 6.43. The summed E-state index contributed by atoms with van der Waals surface area (Å²) in [5, 5.41) is 10.3. The molecule has 0 aliphatic heterocycles. The minimum absolute atomic E-state index is 0.0485. The summed E-state index contributed by atoms with van der Waals surface area (Å²) >= 11 is 0. The Morgan fingerprint density at radius 3 is 2.13 bits per heavy atom. The molecule has 2 aromatic rings. The summed E-state index contributed by atoms with van der Waals surface area (Å²) < 4.78 is 11.0. The van der Waals surface area contributed by atoms with Gasteiger partial charge in [0.1, 0.15) is 5.75 Å². The summed E-state index contributed by atoms with van der Waals surface area (Å²) in [6.45, 7) is 7.79. The highest BCUT2D eigenvalue weighted by molar-refractivity contribution is 5.98. The average Bonchev–Trinajstić information content (AvgIpc) is 2.48. The fourth-order valence-electron chi connectivity index (χ4n) is 2.24. The van der Waals surface area contributed by atoms with Gasteiger partial charge < -0.3 is 14.6 Å². The van der Waals surface area contributed by atoms with Crippen molar-refractivity contribution in [1.82, 2.24) is 0 Å². The number of hydrogen-bond acceptors (Lipinski definition) is 4. The predicted octanol–water partition coefficient (Wildman–Crippen LogP) is 4.69. The number of phenols is 1. The van der Waals surface area contributed by atoms with Gasteiger partial charge in [0.2, 0.25) is 5.75 Å². The van der Waals surface area contributed by atoms with E-state index in [0.29, 0.717) is 11.5 Å². The Morgan fingerprint density at radius 1 is 1.04 bits per heavy atom. The predicted molar refractivity (Wildman–Crippen MR) is 89.9 cm³/mol. The Balaban J connectivity index is 2.39. The molecule has 0 atom stereocenters. The zero-order valence-corrected chi connectivity index (χ0v) is 14.1. The van der Waals surface area contributed by atoms with E-state index in [1.165, 1.54) is 25.7 Å². The van der Waals surface area contributed by atoms with E-state index in [9.17, 15) is 9.90 Å². The number of ether oxygens (including phenoxy) is 2. The van der Waals surface area contributed by atoms with Crippen molar-refractivity contribution >= 4 is 5.78 Å². The number of hydrogen-bond donors (Lipinski definition) is 1. The third kappa shape index (κ3) is 3.65. The number of carbonyl (C=O) groups is 1. The van der Waals surface area contributed by atoms with Crippen LogP contribution in [0.15, 0.2) is 36.4 Å². The van der Waals surface area contributed by atoms with E-state index < -0.39 is 0 Å². The van der Waals surface area contributed by atoms with Gasteiger partial charge in [-0.05, 0) is 42.2 Å². The summed E-state index contributed by atoms with van der Waals surface area (Å²) in [6, 6.07) is 10.8. The molecule has 0 aliphatic carbocycles. The van der Waals surface area contributed by atoms with E-state index in [2.05, 4.69) is 20.8 Å². The standard InChI is InChI=1S/C19H22O4/c1-12(20)15-10-11-16(22-5)18(17(15)21)23-14-8-6-13(7-9-14)19(2,3)4/h6-11,21H,1-5H3. The first-order chi connectivity index (χ1) is 10.7. The lowest BCUT2D eigenvalue weighted by Gasteiger charge is -2.19. The molecular weight excluding hydrogens is 292 g/mol. The highest BCUT2D eigenvalue weighted by Gasteiger charge is 2.19. The highest BCUT2D eigenvalue weighted by Crippen LogP contribution is 2.42. The van der Waals surface area contributed by atoms with Crippen LogP contribution in [-0.4, -0.2) is 18.0 Å². The molecule has 0 heterocycles. The summed E-state index contributed by atoms with van der Waals surface area (Å²) in [6.07, 6.45) is 0. The van der Waals surface area contributed by atoms with Crippen molar-refractivity contribution in [2.75, 3.05) is 7.11 Å². The Bertz CT molecular complexity index is 709. The molecule has 0 aliphatic rings. The lowest BCUT2D eigenvalue weighted by Crippen LogP contribution is -2.10. The summed E-state index contributed by atoms with van der Waals surface area (Å²) in [5.41, 5.74) is 1.43. The number of phenolic OH excluding ortho intramolecular Hbond substituents is 1. The molecule has 0 unspecified atom stereocenters. The molecule has 4 nitrogen and oxygen atoms in total. The first kappa shape index (κ1) is 16.9. The largest absolute Gasteiger partial charge is 0.504 e. The van der Waals surface area contributed by atoms with Crippen molar-refractivity contribution in [2.45, 2.75) is 33.1 Å². The van der Waals surface area contributed by atoms with Crippen molar-refractivity contribution in [3.05, 3.63) is 47.5 Å². The Hall–Kier alpha value is -2.49. The van der Waals surface area contributed by atoms with E-state index in [1.54, 1.807) is 6.07 Å². The Labute approximate surface area is 136 Å². The quantitative estimate of drug-likeness (QED) is 0.832. The van der Waals surface area contributed by atoms with Gasteiger partial charge in [-0.3, -0.25) is 4.79 Å². The van der Waals surface area contributed by atoms with E-state index in [4.69, 9.17) is 9.47 Å². The molecule has 23 heavy (non-hydrogen) atoms. The maximum absolute atomic E-state index is 11.6. The van der Waals surface area contributed by atoms with Crippen LogP contribution in [0.1, 0.15) is 43.6 Å². The molecule has 122 valence electrons. The van der Waals surface area contributed by atoms with E-state index in [1.807, 2.05) is 24.3 Å². The maximum Gasteiger partial charge on any atom is 0.211 e. The summed E-state index contributed by atoms with van der Waals surface area (Å²) in [7, 11) is 1.48. The summed E-state index contributed by atoms with van der Waals surface area (Å²) in [5.74, 6) is 0.623. The molecule has 0 saturated heterocycles. The zero-order valence-electron chi connectivity index (χ0n) is 14.1. The number of carbonyl (C=O) groups excluding carboxylic acids is 1. The van der Waals surface area contributed by atoms with Gasteiger partial charge in [0.25, 0.3) is 0 Å². The molecule has 0 aromatic heterocycles. The molecule has 0 saturated carbocycles. The van der Waals surface area contributed by atoms with Crippen molar-refractivity contribution in [2.24, 2.45) is 0 Å². The molecule has 0 fully saturated rings. The third-order valence-corrected chi connectivity index (χ3v) is 3.63. The fraction of sp³-hybridized carbons (Fsp3) is 0.316. The Morgan fingerprint density at radius 2 is 1.65 bits per heavy atom. The van der Waals surface area contributed by atoms with E-state index in [-0.39, 0.29) is 28.3 Å². The van der Waals surface area contributed by atoms with Gasteiger partial charge in [-0.1, -0.05) is 32.9 Å². The van der Waals surface area contributed by atoms with Crippen LogP contribution < -0.4 is 9.47 Å². The molecule has 2 aromatic carbocycles. The van der Waals surface area contributed by atoms with Crippen LogP contribution >= 0.6 is 0 Å². The lowest BCUT2D eigenvalue weighted by molar-refractivity contribution is 0.101. The minimum Gasteiger partial charge on any atom is -0.504 e. The van der Waals surface area contributed by atoms with Crippen molar-refractivity contribution in [1.29, 1.82) is 0 Å². The van der Waals surface area contributed by atoms with Crippen LogP contribution in [0.25, 0.3) is 0 Å². The molecule has 4 heteroatoms. The molecule has 1 N–H and O–H groups in total. The smallest absolute Gasteiger partial charge is 0.211 e. The number of benzene rings is 2. The molecule has 0 bridgehead atoms. The molecule has 0 amide bonds. The van der Waals surface area contributed by atoms with Gasteiger partial charge in [-0.25, -0.2) is 0 Å². The number of Topliss-reactive ketones (excluding diaryl/α,β-unsaturated/α-hetero) is 1. The SMILES string of the molecule is COc1ccc(C(C)=O)c(O)c1Oc1ccc(C(C)(C)C)cc1. The number of methoxy groups -OCH3 is 1. The monoisotopic (exact) mass is 314 g/mol. The zero-order chi connectivity index (χ0) is 17.2. The first-order valence-electron chi connectivity index (χ1n) is 7.43. The van der Waals surface area contributed by atoms with Crippen LogP contribution in [0.4, 0.5) is 0 Å². The average molecular weight is 314 g/mol. The van der Waals surface area contributed by atoms with Crippen molar-refractivity contribution in [3.63, 3.8) is 0 Å². The van der Waals surface area contributed by atoms with Gasteiger partial charge in [-0.2, -0.15) is 0 Å². The number of rotatable bonds is 4. The topological polar surface area (TPSA) is 55.8 Å². The van der Waals surface area contributed by atoms with E-state index >= 15 is 0 Å². The second-order valence-corrected chi connectivity index (χ2v) is 6.43. The minimum atomic E-state index is -0.238. The van der Waals surface area contributed by atoms with E-state index in [0.717, 1.165) is 0 Å². The molecule has 0 radical (unpaired) electrons. The highest BCUT2D eigenvalue weighted by atomic mass is 16.5. The van der Waals surface area contributed by atoms with Crippen LogP contribution in [0.3, 0.4) is 0 Å². The summed E-state index contributed by atoms with van der Waals surface area (Å²) in [4.78, 5) is 11.6. The molecular formula is C19H22O4. The number of ketones is 1. The molecule has 0 spiro atoms. The van der Waals surface area contributed by atoms with Gasteiger partial charge in [0.15, 0.2) is 17.3 Å². The van der Waals surface area contributed by atoms with Crippen LogP contribution in [0.5, 0.6) is 23.0 Å². The second kappa shape index (κ2) is 6.32. The molecule has 2 rings (SSSR count). The van der Waals surface area contributed by atoms with Crippen molar-refractivity contribution < 1.29 is 19.4 Å². The number of aromatic hydroxyl groups is 1. The van der Waals surface area contributed by atoms with Gasteiger partial charge in [0.05, 0.1) is 12.7 Å².